The van der Waals surface area contributed by atoms with Crippen molar-refractivity contribution in [2.45, 2.75) is 6.54 Å². The van der Waals surface area contributed by atoms with E-state index in [1.165, 1.54) is 11.3 Å². The number of para-hydroxylation sites is 1. The second kappa shape index (κ2) is 4.26. The van der Waals surface area contributed by atoms with Crippen molar-refractivity contribution in [1.29, 1.82) is 0 Å². The van der Waals surface area contributed by atoms with Crippen LogP contribution in [0.2, 0.25) is 0 Å². The molecule has 0 aliphatic carbocycles. The first kappa shape index (κ1) is 10.4. The summed E-state index contributed by atoms with van der Waals surface area (Å²) in [6.07, 6.45) is 0. The van der Waals surface area contributed by atoms with E-state index in [-0.39, 0.29) is 5.26 Å². The van der Waals surface area contributed by atoms with Crippen LogP contribution in [0, 0.1) is 5.26 Å². The van der Waals surface area contributed by atoms with Gasteiger partial charge in [0.1, 0.15) is 4.70 Å². The fraction of sp³-hybridized carbons (Fsp3) is 0.0714. The van der Waals surface area contributed by atoms with E-state index in [1.807, 2.05) is 54.6 Å². The summed E-state index contributed by atoms with van der Waals surface area (Å²) in [5, 5.41) is -0.143. The van der Waals surface area contributed by atoms with E-state index in [1.54, 1.807) is 4.57 Å². The van der Waals surface area contributed by atoms with Crippen molar-refractivity contribution < 1.29 is 8.96 Å². The maximum Gasteiger partial charge on any atom is 0.422 e. The van der Waals surface area contributed by atoms with Crippen molar-refractivity contribution in [1.82, 2.24) is 0 Å². The number of benzene rings is 2. The van der Waals surface area contributed by atoms with Gasteiger partial charge in [0.2, 0.25) is 5.52 Å². The van der Waals surface area contributed by atoms with Crippen molar-refractivity contribution in [3.63, 3.8) is 0 Å². The molecule has 0 amide bonds. The van der Waals surface area contributed by atoms with Crippen molar-refractivity contribution >= 4 is 21.6 Å². The highest BCUT2D eigenvalue weighted by atomic mass is 32.1. The van der Waals surface area contributed by atoms with E-state index in [9.17, 15) is 4.39 Å². The smallest absolute Gasteiger partial charge is 0.152 e. The quantitative estimate of drug-likeness (QED) is 0.608. The molecule has 0 fully saturated rings. The van der Waals surface area contributed by atoms with E-state index >= 15 is 0 Å². The highest BCUT2D eigenvalue weighted by Crippen LogP contribution is 2.19. The summed E-state index contributed by atoms with van der Waals surface area (Å²) in [6, 6.07) is 17.7. The molecular formula is C14H11FNS+. The van der Waals surface area contributed by atoms with Crippen LogP contribution in [0.15, 0.2) is 54.6 Å². The predicted octanol–water partition coefficient (Wildman–Crippen LogP) is 3.38. The summed E-state index contributed by atoms with van der Waals surface area (Å²) in [7, 11) is 0. The molecule has 1 aromatic heterocycles. The van der Waals surface area contributed by atoms with Crippen LogP contribution < -0.4 is 4.57 Å². The number of fused-ring (bicyclic) bond motifs is 1. The third-order valence-electron chi connectivity index (χ3n) is 2.75. The number of hydrogen-bond donors (Lipinski definition) is 0. The van der Waals surface area contributed by atoms with Crippen LogP contribution in [0.5, 0.6) is 0 Å². The molecule has 3 aromatic rings. The number of hydrogen-bond acceptors (Lipinski definition) is 1. The maximum absolute atomic E-state index is 13.9. The molecule has 17 heavy (non-hydrogen) atoms. The molecule has 0 N–H and O–H groups in total. The fourth-order valence-corrected chi connectivity index (χ4v) is 2.80. The Labute approximate surface area is 103 Å². The van der Waals surface area contributed by atoms with Crippen LogP contribution in [0.25, 0.3) is 10.2 Å². The monoisotopic (exact) mass is 244 g/mol. The van der Waals surface area contributed by atoms with E-state index in [0.29, 0.717) is 6.54 Å². The van der Waals surface area contributed by atoms with Crippen molar-refractivity contribution in [3.05, 3.63) is 65.4 Å². The van der Waals surface area contributed by atoms with Crippen molar-refractivity contribution in [3.8, 4) is 0 Å². The number of halogens is 1. The lowest BCUT2D eigenvalue weighted by Crippen LogP contribution is -2.36. The van der Waals surface area contributed by atoms with Crippen LogP contribution in [-0.4, -0.2) is 0 Å². The Kier molecular flexibility index (Phi) is 2.61. The lowest BCUT2D eigenvalue weighted by molar-refractivity contribution is -0.685. The Balaban J connectivity index is 2.08. The van der Waals surface area contributed by atoms with Gasteiger partial charge in [0.05, 0.1) is 0 Å². The lowest BCUT2D eigenvalue weighted by atomic mass is 10.2. The topological polar surface area (TPSA) is 3.88 Å². The van der Waals surface area contributed by atoms with Crippen LogP contribution >= 0.6 is 11.3 Å². The van der Waals surface area contributed by atoms with Gasteiger partial charge < -0.3 is 0 Å². The molecule has 0 radical (unpaired) electrons. The van der Waals surface area contributed by atoms with E-state index in [2.05, 4.69) is 0 Å². The minimum atomic E-state index is -0.143. The summed E-state index contributed by atoms with van der Waals surface area (Å²) in [6.45, 7) is 0.580. The van der Waals surface area contributed by atoms with Crippen LogP contribution in [0.1, 0.15) is 5.56 Å². The van der Waals surface area contributed by atoms with Gasteiger partial charge in [-0.3, -0.25) is 0 Å². The first-order chi connectivity index (χ1) is 8.34. The average molecular weight is 244 g/mol. The minimum absolute atomic E-state index is 0.143. The summed E-state index contributed by atoms with van der Waals surface area (Å²) in [5.74, 6) is 0. The molecule has 0 aliphatic heterocycles. The Morgan fingerprint density at radius 3 is 2.47 bits per heavy atom. The molecule has 84 valence electrons. The zero-order valence-corrected chi connectivity index (χ0v) is 9.95. The third-order valence-corrected chi connectivity index (χ3v) is 3.70. The van der Waals surface area contributed by atoms with Gasteiger partial charge in [0, 0.05) is 11.6 Å². The van der Waals surface area contributed by atoms with E-state index < -0.39 is 0 Å². The highest BCUT2D eigenvalue weighted by Gasteiger charge is 2.19. The largest absolute Gasteiger partial charge is 0.422 e. The molecule has 2 aromatic carbocycles. The minimum Gasteiger partial charge on any atom is -0.152 e. The molecule has 1 nitrogen and oxygen atoms in total. The molecular weight excluding hydrogens is 233 g/mol. The molecule has 0 spiro atoms. The van der Waals surface area contributed by atoms with E-state index in [4.69, 9.17) is 0 Å². The summed E-state index contributed by atoms with van der Waals surface area (Å²) in [5.41, 5.74) is 2.07. The number of nitrogens with zero attached hydrogens (tertiary/aromatic N) is 1. The van der Waals surface area contributed by atoms with Crippen LogP contribution in [0.3, 0.4) is 0 Å². The predicted molar refractivity (Wildman–Crippen MR) is 67.5 cm³/mol. The van der Waals surface area contributed by atoms with Crippen molar-refractivity contribution in [2.24, 2.45) is 0 Å². The van der Waals surface area contributed by atoms with Gasteiger partial charge in [-0.1, -0.05) is 42.5 Å². The summed E-state index contributed by atoms with van der Waals surface area (Å²) < 4.78 is 16.6. The summed E-state index contributed by atoms with van der Waals surface area (Å²) in [4.78, 5) is 0. The standard InChI is InChI=1S/C14H11FNS/c15-14-16(10-11-6-2-1-3-7-11)12-8-4-5-9-13(12)17-14/h1-9H,10H2/q+1. The van der Waals surface area contributed by atoms with Crippen LogP contribution in [-0.2, 0) is 6.54 Å². The Hall–Kier alpha value is -1.74. The fourth-order valence-electron chi connectivity index (χ4n) is 1.92. The van der Waals surface area contributed by atoms with Crippen molar-refractivity contribution in [2.75, 3.05) is 0 Å². The van der Waals surface area contributed by atoms with Gasteiger partial charge >= 0.3 is 5.26 Å². The molecule has 0 unspecified atom stereocenters. The molecule has 0 bridgehead atoms. The molecule has 0 saturated carbocycles. The number of thiazole rings is 1. The van der Waals surface area contributed by atoms with Gasteiger partial charge in [-0.25, -0.2) is 0 Å². The Bertz CT molecular complexity index is 646. The molecule has 3 rings (SSSR count). The molecule has 0 saturated heterocycles. The van der Waals surface area contributed by atoms with Gasteiger partial charge in [-0.05, 0) is 17.4 Å². The first-order valence-corrected chi connectivity index (χ1v) is 6.27. The zero-order valence-electron chi connectivity index (χ0n) is 9.14. The Morgan fingerprint density at radius 2 is 1.65 bits per heavy atom. The summed E-state index contributed by atoms with van der Waals surface area (Å²) >= 11 is 1.19. The number of aromatic nitrogens is 1. The molecule has 3 heteroatoms. The normalized spacial score (nSPS) is 10.9. The van der Waals surface area contributed by atoms with Gasteiger partial charge in [-0.15, -0.1) is 4.39 Å². The maximum atomic E-state index is 13.9. The van der Waals surface area contributed by atoms with E-state index in [0.717, 1.165) is 15.8 Å². The SMILES string of the molecule is Fc1sc2ccccc2[n+]1Cc1ccccc1. The highest BCUT2D eigenvalue weighted by molar-refractivity contribution is 7.16. The van der Waals surface area contributed by atoms with Gasteiger partial charge in [0.25, 0.3) is 0 Å². The van der Waals surface area contributed by atoms with Crippen LogP contribution in [0.4, 0.5) is 4.39 Å². The lowest BCUT2D eigenvalue weighted by Gasteiger charge is -1.95. The molecule has 0 aliphatic rings. The van der Waals surface area contributed by atoms with Gasteiger partial charge in [-0.2, -0.15) is 4.57 Å². The Morgan fingerprint density at radius 1 is 0.941 bits per heavy atom. The first-order valence-electron chi connectivity index (χ1n) is 5.45. The molecule has 0 atom stereocenters. The molecule has 1 heterocycles. The second-order valence-corrected chi connectivity index (χ2v) is 4.88. The third kappa shape index (κ3) is 1.94. The number of rotatable bonds is 2. The zero-order chi connectivity index (χ0) is 11.7. The second-order valence-electron chi connectivity index (χ2n) is 3.89. The average Bonchev–Trinajstić information content (AvgIpc) is 2.68. The van der Waals surface area contributed by atoms with Gasteiger partial charge in [0.15, 0.2) is 6.54 Å².